The van der Waals surface area contributed by atoms with E-state index >= 15 is 0 Å². The molecule has 1 aliphatic heterocycles. The molecule has 28 heavy (non-hydrogen) atoms. The number of halogens is 2. The lowest BCUT2D eigenvalue weighted by Crippen LogP contribution is -2.44. The van der Waals surface area contributed by atoms with Crippen LogP contribution in [0.4, 0.5) is 9.18 Å². The third-order valence-electron chi connectivity index (χ3n) is 4.23. The lowest BCUT2D eigenvalue weighted by molar-refractivity contribution is 0.0507. The standard InChI is InChI=1S/C20H31FN4O2.HI/c1-20(2,3)27-19(26)24-17-10-12-25(14-17)18(22-4)23-11-6-8-15-7-5-9-16(21)13-15;/h5,7,9,13,17H,6,8,10-12,14H2,1-4H3,(H,22,23)(H,24,26);1H. The number of hydrogen-bond donors (Lipinski definition) is 2. The first-order valence-electron chi connectivity index (χ1n) is 9.46. The minimum absolute atomic E-state index is 0. The van der Waals surface area contributed by atoms with Crippen LogP contribution in [0.3, 0.4) is 0 Å². The topological polar surface area (TPSA) is 66.0 Å². The van der Waals surface area contributed by atoms with Gasteiger partial charge in [0.05, 0.1) is 6.04 Å². The maximum Gasteiger partial charge on any atom is 0.407 e. The van der Waals surface area contributed by atoms with Gasteiger partial charge in [-0.1, -0.05) is 12.1 Å². The van der Waals surface area contributed by atoms with E-state index in [2.05, 4.69) is 20.5 Å². The molecule has 0 saturated carbocycles. The van der Waals surface area contributed by atoms with Crippen molar-refractivity contribution < 1.29 is 13.9 Å². The van der Waals surface area contributed by atoms with E-state index in [9.17, 15) is 9.18 Å². The lowest BCUT2D eigenvalue weighted by Gasteiger charge is -2.23. The molecular formula is C20H32FIN4O2. The van der Waals surface area contributed by atoms with E-state index in [1.54, 1.807) is 19.2 Å². The molecule has 1 aromatic carbocycles. The number of guanidine groups is 1. The van der Waals surface area contributed by atoms with E-state index in [-0.39, 0.29) is 41.9 Å². The fourth-order valence-electron chi connectivity index (χ4n) is 3.06. The highest BCUT2D eigenvalue weighted by Crippen LogP contribution is 2.12. The Hall–Kier alpha value is -1.58. The normalized spacial score (nSPS) is 17.1. The second-order valence-corrected chi connectivity index (χ2v) is 7.79. The first-order valence-corrected chi connectivity index (χ1v) is 9.46. The van der Waals surface area contributed by atoms with E-state index in [1.807, 2.05) is 26.8 Å². The molecule has 2 N–H and O–H groups in total. The number of hydrogen-bond acceptors (Lipinski definition) is 3. The predicted octanol–water partition coefficient (Wildman–Crippen LogP) is 3.55. The summed E-state index contributed by atoms with van der Waals surface area (Å²) >= 11 is 0. The third-order valence-corrected chi connectivity index (χ3v) is 4.23. The Kier molecular flexibility index (Phi) is 9.98. The summed E-state index contributed by atoms with van der Waals surface area (Å²) in [4.78, 5) is 18.4. The molecule has 0 aromatic heterocycles. The summed E-state index contributed by atoms with van der Waals surface area (Å²) < 4.78 is 18.5. The highest BCUT2D eigenvalue weighted by molar-refractivity contribution is 14.0. The minimum Gasteiger partial charge on any atom is -0.444 e. The largest absolute Gasteiger partial charge is 0.444 e. The van der Waals surface area contributed by atoms with Gasteiger partial charge in [-0.25, -0.2) is 9.18 Å². The van der Waals surface area contributed by atoms with Gasteiger partial charge < -0.3 is 20.3 Å². The van der Waals surface area contributed by atoms with E-state index in [0.717, 1.165) is 43.9 Å². The number of carbonyl (C=O) groups is 1. The number of aliphatic imine (C=N–C) groups is 1. The second kappa shape index (κ2) is 11.4. The zero-order valence-electron chi connectivity index (χ0n) is 17.1. The number of likely N-dealkylation sites (tertiary alicyclic amines) is 1. The Balaban J connectivity index is 0.00000392. The molecule has 1 amide bonds. The molecule has 1 aliphatic rings. The van der Waals surface area contributed by atoms with Crippen LogP contribution in [-0.4, -0.2) is 55.3 Å². The van der Waals surface area contributed by atoms with Crippen molar-refractivity contribution in [1.82, 2.24) is 15.5 Å². The van der Waals surface area contributed by atoms with Gasteiger partial charge in [0, 0.05) is 26.7 Å². The van der Waals surface area contributed by atoms with Gasteiger partial charge in [0.15, 0.2) is 5.96 Å². The molecule has 6 nitrogen and oxygen atoms in total. The van der Waals surface area contributed by atoms with Crippen molar-refractivity contribution in [2.24, 2.45) is 4.99 Å². The number of benzene rings is 1. The van der Waals surface area contributed by atoms with Crippen LogP contribution in [0.15, 0.2) is 29.3 Å². The van der Waals surface area contributed by atoms with Crippen molar-refractivity contribution in [2.45, 2.75) is 51.7 Å². The van der Waals surface area contributed by atoms with E-state index in [4.69, 9.17) is 4.74 Å². The van der Waals surface area contributed by atoms with Gasteiger partial charge in [0.2, 0.25) is 0 Å². The van der Waals surface area contributed by atoms with Crippen molar-refractivity contribution in [2.75, 3.05) is 26.7 Å². The molecule has 2 rings (SSSR count). The molecule has 8 heteroatoms. The van der Waals surface area contributed by atoms with Crippen LogP contribution in [0, 0.1) is 5.82 Å². The average molecular weight is 506 g/mol. The van der Waals surface area contributed by atoms with Crippen LogP contribution in [-0.2, 0) is 11.2 Å². The van der Waals surface area contributed by atoms with Gasteiger partial charge in [-0.15, -0.1) is 24.0 Å². The molecule has 0 spiro atoms. The Labute approximate surface area is 184 Å². The number of amides is 1. The van der Waals surface area contributed by atoms with Gasteiger partial charge in [0.25, 0.3) is 0 Å². The van der Waals surface area contributed by atoms with Gasteiger partial charge in [-0.2, -0.15) is 0 Å². The number of nitrogens with zero attached hydrogens (tertiary/aromatic N) is 2. The number of nitrogens with one attached hydrogen (secondary N) is 2. The van der Waals surface area contributed by atoms with Crippen molar-refractivity contribution in [1.29, 1.82) is 0 Å². The van der Waals surface area contributed by atoms with Crippen LogP contribution in [0.5, 0.6) is 0 Å². The van der Waals surface area contributed by atoms with E-state index < -0.39 is 5.60 Å². The molecule has 0 aliphatic carbocycles. The number of aryl methyl sites for hydroxylation is 1. The summed E-state index contributed by atoms with van der Waals surface area (Å²) in [5.41, 5.74) is 0.497. The summed E-state index contributed by atoms with van der Waals surface area (Å²) in [5, 5.41) is 6.26. The monoisotopic (exact) mass is 506 g/mol. The second-order valence-electron chi connectivity index (χ2n) is 7.79. The molecule has 158 valence electrons. The molecule has 1 atom stereocenters. The quantitative estimate of drug-likeness (QED) is 0.278. The van der Waals surface area contributed by atoms with Crippen LogP contribution >= 0.6 is 24.0 Å². The minimum atomic E-state index is -0.498. The zero-order chi connectivity index (χ0) is 19.9. The highest BCUT2D eigenvalue weighted by Gasteiger charge is 2.27. The highest BCUT2D eigenvalue weighted by atomic mass is 127. The Morgan fingerprint density at radius 1 is 1.39 bits per heavy atom. The number of rotatable bonds is 5. The molecule has 1 aromatic rings. The number of alkyl carbamates (subject to hydrolysis) is 1. The Bertz CT molecular complexity index is 664. The third kappa shape index (κ3) is 8.62. The van der Waals surface area contributed by atoms with Gasteiger partial charge >= 0.3 is 6.09 Å². The van der Waals surface area contributed by atoms with Crippen molar-refractivity contribution in [3.8, 4) is 0 Å². The fourth-order valence-corrected chi connectivity index (χ4v) is 3.06. The first-order chi connectivity index (χ1) is 12.8. The predicted molar refractivity (Wildman–Crippen MR) is 121 cm³/mol. The SMILES string of the molecule is CN=C(NCCCc1cccc(F)c1)N1CCC(NC(=O)OC(C)(C)C)C1.I. The summed E-state index contributed by atoms with van der Waals surface area (Å²) in [5.74, 6) is 0.625. The smallest absolute Gasteiger partial charge is 0.407 e. The van der Waals surface area contributed by atoms with Crippen LogP contribution in [0.1, 0.15) is 39.2 Å². The molecule has 1 heterocycles. The molecule has 1 unspecified atom stereocenters. The molecule has 0 radical (unpaired) electrons. The van der Waals surface area contributed by atoms with E-state index in [0.29, 0.717) is 6.54 Å². The molecule has 1 saturated heterocycles. The average Bonchev–Trinajstić information content (AvgIpc) is 3.01. The van der Waals surface area contributed by atoms with Crippen LogP contribution < -0.4 is 10.6 Å². The van der Waals surface area contributed by atoms with Crippen molar-refractivity contribution in [3.63, 3.8) is 0 Å². The maximum atomic E-state index is 13.2. The summed E-state index contributed by atoms with van der Waals surface area (Å²) in [6, 6.07) is 6.75. The van der Waals surface area contributed by atoms with Crippen LogP contribution in [0.2, 0.25) is 0 Å². The van der Waals surface area contributed by atoms with E-state index in [1.165, 1.54) is 6.07 Å². The summed E-state index contributed by atoms with van der Waals surface area (Å²) in [6.07, 6.45) is 2.16. The Morgan fingerprint density at radius 3 is 2.79 bits per heavy atom. The fraction of sp³-hybridized carbons (Fsp3) is 0.600. The number of carbonyl (C=O) groups excluding carboxylic acids is 1. The molecular weight excluding hydrogens is 474 g/mol. The van der Waals surface area contributed by atoms with Crippen molar-refractivity contribution >= 4 is 36.0 Å². The summed E-state index contributed by atoms with van der Waals surface area (Å²) in [7, 11) is 1.75. The van der Waals surface area contributed by atoms with Gasteiger partial charge in [-0.05, 0) is 57.7 Å². The maximum absolute atomic E-state index is 13.2. The first kappa shape index (κ1) is 24.5. The number of ether oxygens (including phenoxy) is 1. The van der Waals surface area contributed by atoms with Gasteiger partial charge in [-0.3, -0.25) is 4.99 Å². The van der Waals surface area contributed by atoms with Gasteiger partial charge in [0.1, 0.15) is 11.4 Å². The van der Waals surface area contributed by atoms with Crippen LogP contribution in [0.25, 0.3) is 0 Å². The zero-order valence-corrected chi connectivity index (χ0v) is 19.5. The molecule has 1 fully saturated rings. The lowest BCUT2D eigenvalue weighted by atomic mass is 10.1. The summed E-state index contributed by atoms with van der Waals surface area (Å²) in [6.45, 7) is 7.83. The Morgan fingerprint density at radius 2 is 2.14 bits per heavy atom. The molecule has 0 bridgehead atoms. The van der Waals surface area contributed by atoms with Crippen molar-refractivity contribution in [3.05, 3.63) is 35.6 Å².